The van der Waals surface area contributed by atoms with Crippen molar-refractivity contribution in [2.75, 3.05) is 31.7 Å². The van der Waals surface area contributed by atoms with Crippen LogP contribution < -0.4 is 16.0 Å². The van der Waals surface area contributed by atoms with Crippen LogP contribution in [0.5, 0.6) is 0 Å². The summed E-state index contributed by atoms with van der Waals surface area (Å²) < 4.78 is 5.38. The fraction of sp³-hybridized carbons (Fsp3) is 0.462. The van der Waals surface area contributed by atoms with E-state index in [9.17, 15) is 4.79 Å². The maximum Gasteiger partial charge on any atom is 0.244 e. The molecule has 1 atom stereocenters. The molecule has 0 aliphatic carbocycles. The normalized spacial score (nSPS) is 19.3. The molecule has 3 N–H and O–H groups in total. The molecule has 1 aliphatic heterocycles. The standard InChI is InChI=1S/C13H18ClN3O2/c1-16-13(18)12-8-19-5-4-17(12)10-3-2-9(7-15)11(14)6-10/h2-3,6,12H,4-5,7-8,15H2,1H3,(H,16,18). The quantitative estimate of drug-likeness (QED) is 0.859. The number of nitrogens with two attached hydrogens (primary N) is 1. The summed E-state index contributed by atoms with van der Waals surface area (Å²) in [7, 11) is 1.62. The second-order valence-electron chi connectivity index (χ2n) is 4.38. The molecule has 6 heteroatoms. The van der Waals surface area contributed by atoms with Gasteiger partial charge < -0.3 is 20.7 Å². The van der Waals surface area contributed by atoms with E-state index < -0.39 is 0 Å². The molecule has 19 heavy (non-hydrogen) atoms. The topological polar surface area (TPSA) is 67.6 Å². The molecule has 1 unspecified atom stereocenters. The van der Waals surface area contributed by atoms with Crippen LogP contribution >= 0.6 is 11.6 Å². The van der Waals surface area contributed by atoms with Crippen molar-refractivity contribution in [1.29, 1.82) is 0 Å². The maximum atomic E-state index is 11.9. The summed E-state index contributed by atoms with van der Waals surface area (Å²) in [6.07, 6.45) is 0. The van der Waals surface area contributed by atoms with Gasteiger partial charge in [0, 0.05) is 30.8 Å². The first-order chi connectivity index (χ1) is 9.17. The van der Waals surface area contributed by atoms with E-state index in [0.717, 1.165) is 11.3 Å². The lowest BCUT2D eigenvalue weighted by atomic mass is 10.1. The Labute approximate surface area is 117 Å². The second-order valence-corrected chi connectivity index (χ2v) is 4.79. The van der Waals surface area contributed by atoms with Crippen LogP contribution in [0.3, 0.4) is 0 Å². The van der Waals surface area contributed by atoms with Gasteiger partial charge >= 0.3 is 0 Å². The molecule has 0 saturated carbocycles. The minimum absolute atomic E-state index is 0.0567. The largest absolute Gasteiger partial charge is 0.377 e. The van der Waals surface area contributed by atoms with Gasteiger partial charge in [-0.25, -0.2) is 0 Å². The Balaban J connectivity index is 2.27. The fourth-order valence-corrected chi connectivity index (χ4v) is 2.43. The SMILES string of the molecule is CNC(=O)C1COCCN1c1ccc(CN)c(Cl)c1. The Morgan fingerprint density at radius 2 is 2.42 bits per heavy atom. The molecule has 0 aromatic heterocycles. The molecule has 2 rings (SSSR count). The molecule has 1 saturated heterocycles. The van der Waals surface area contributed by atoms with Crippen LogP contribution in [0.2, 0.25) is 5.02 Å². The number of carbonyl (C=O) groups is 1. The number of nitrogens with one attached hydrogen (secondary N) is 1. The van der Waals surface area contributed by atoms with Gasteiger partial charge in [0.15, 0.2) is 0 Å². The minimum atomic E-state index is -0.321. The van der Waals surface area contributed by atoms with Crippen LogP contribution in [-0.2, 0) is 16.1 Å². The van der Waals surface area contributed by atoms with Crippen molar-refractivity contribution >= 4 is 23.2 Å². The van der Waals surface area contributed by atoms with Gasteiger partial charge in [-0.05, 0) is 17.7 Å². The van der Waals surface area contributed by atoms with Gasteiger partial charge in [-0.2, -0.15) is 0 Å². The predicted molar refractivity (Wildman–Crippen MR) is 75.4 cm³/mol. The molecule has 0 spiro atoms. The molecule has 1 heterocycles. The van der Waals surface area contributed by atoms with E-state index in [1.807, 2.05) is 23.1 Å². The van der Waals surface area contributed by atoms with E-state index in [0.29, 0.717) is 31.3 Å². The third-order valence-corrected chi connectivity index (χ3v) is 3.62. The van der Waals surface area contributed by atoms with E-state index in [2.05, 4.69) is 5.32 Å². The number of rotatable bonds is 3. The smallest absolute Gasteiger partial charge is 0.244 e. The van der Waals surface area contributed by atoms with Crippen molar-refractivity contribution in [2.24, 2.45) is 5.73 Å². The Morgan fingerprint density at radius 3 is 3.05 bits per heavy atom. The summed E-state index contributed by atoms with van der Waals surface area (Å²) in [5.41, 5.74) is 7.41. The Kier molecular flexibility index (Phi) is 4.63. The molecule has 0 radical (unpaired) electrons. The zero-order chi connectivity index (χ0) is 13.8. The molecular formula is C13H18ClN3O2. The van der Waals surface area contributed by atoms with E-state index in [1.54, 1.807) is 7.05 Å². The van der Waals surface area contributed by atoms with Crippen molar-refractivity contribution in [3.05, 3.63) is 28.8 Å². The first kappa shape index (κ1) is 14.1. The van der Waals surface area contributed by atoms with E-state index in [1.165, 1.54) is 0 Å². The number of anilines is 1. The summed E-state index contributed by atoms with van der Waals surface area (Å²) in [4.78, 5) is 13.9. The lowest BCUT2D eigenvalue weighted by Crippen LogP contribution is -2.53. The van der Waals surface area contributed by atoms with Crippen molar-refractivity contribution in [3.8, 4) is 0 Å². The Hall–Kier alpha value is -1.30. The highest BCUT2D eigenvalue weighted by molar-refractivity contribution is 6.31. The number of likely N-dealkylation sites (N-methyl/N-ethyl adjacent to an activating group) is 1. The van der Waals surface area contributed by atoms with E-state index in [4.69, 9.17) is 22.1 Å². The van der Waals surface area contributed by atoms with Gasteiger partial charge in [0.05, 0.1) is 13.2 Å². The van der Waals surface area contributed by atoms with Gasteiger partial charge in [0.1, 0.15) is 6.04 Å². The molecule has 1 aromatic carbocycles. The van der Waals surface area contributed by atoms with Crippen molar-refractivity contribution in [3.63, 3.8) is 0 Å². The Morgan fingerprint density at radius 1 is 1.63 bits per heavy atom. The highest BCUT2D eigenvalue weighted by Crippen LogP contribution is 2.26. The number of carbonyl (C=O) groups excluding carboxylic acids is 1. The molecule has 1 fully saturated rings. The predicted octanol–water partition coefficient (Wildman–Crippen LogP) is 0.750. The second kappa shape index (κ2) is 6.23. The zero-order valence-electron chi connectivity index (χ0n) is 10.9. The molecule has 104 valence electrons. The van der Waals surface area contributed by atoms with Crippen molar-refractivity contribution in [2.45, 2.75) is 12.6 Å². The molecule has 1 amide bonds. The summed E-state index contributed by atoms with van der Waals surface area (Å²) in [5.74, 6) is -0.0567. The molecule has 0 bridgehead atoms. The highest BCUT2D eigenvalue weighted by atomic mass is 35.5. The number of benzene rings is 1. The van der Waals surface area contributed by atoms with E-state index >= 15 is 0 Å². The number of amides is 1. The molecule has 5 nitrogen and oxygen atoms in total. The third-order valence-electron chi connectivity index (χ3n) is 3.27. The number of hydrogen-bond acceptors (Lipinski definition) is 4. The lowest BCUT2D eigenvalue weighted by Gasteiger charge is -2.36. The minimum Gasteiger partial charge on any atom is -0.377 e. The van der Waals surface area contributed by atoms with Crippen LogP contribution in [0.4, 0.5) is 5.69 Å². The summed E-state index contributed by atoms with van der Waals surface area (Å²) >= 11 is 6.17. The lowest BCUT2D eigenvalue weighted by molar-refractivity contribution is -0.124. The number of nitrogens with zero attached hydrogens (tertiary/aromatic N) is 1. The van der Waals surface area contributed by atoms with Crippen LogP contribution in [0.1, 0.15) is 5.56 Å². The molecule has 1 aromatic rings. The number of morpholine rings is 1. The van der Waals surface area contributed by atoms with Gasteiger partial charge in [0.25, 0.3) is 0 Å². The van der Waals surface area contributed by atoms with Crippen molar-refractivity contribution in [1.82, 2.24) is 5.32 Å². The monoisotopic (exact) mass is 283 g/mol. The first-order valence-electron chi connectivity index (χ1n) is 6.22. The summed E-state index contributed by atoms with van der Waals surface area (Å²) in [6, 6.07) is 5.37. The summed E-state index contributed by atoms with van der Waals surface area (Å²) in [6.45, 7) is 2.05. The average Bonchev–Trinajstić information content (AvgIpc) is 2.46. The number of ether oxygens (including phenoxy) is 1. The summed E-state index contributed by atoms with van der Waals surface area (Å²) in [5, 5.41) is 3.28. The molecular weight excluding hydrogens is 266 g/mol. The van der Waals surface area contributed by atoms with Crippen LogP contribution in [-0.4, -0.2) is 38.8 Å². The highest BCUT2D eigenvalue weighted by Gasteiger charge is 2.29. The van der Waals surface area contributed by atoms with Crippen LogP contribution in [0.25, 0.3) is 0 Å². The maximum absolute atomic E-state index is 11.9. The zero-order valence-corrected chi connectivity index (χ0v) is 11.6. The molecule has 1 aliphatic rings. The van der Waals surface area contributed by atoms with Gasteiger partial charge in [0.2, 0.25) is 5.91 Å². The van der Waals surface area contributed by atoms with Gasteiger partial charge in [-0.15, -0.1) is 0 Å². The Bertz CT molecular complexity index is 467. The number of halogens is 1. The average molecular weight is 284 g/mol. The van der Waals surface area contributed by atoms with Crippen LogP contribution in [0, 0.1) is 0 Å². The van der Waals surface area contributed by atoms with Gasteiger partial charge in [-0.3, -0.25) is 4.79 Å². The van der Waals surface area contributed by atoms with E-state index in [-0.39, 0.29) is 11.9 Å². The third kappa shape index (κ3) is 3.00. The van der Waals surface area contributed by atoms with Crippen molar-refractivity contribution < 1.29 is 9.53 Å². The van der Waals surface area contributed by atoms with Gasteiger partial charge in [-0.1, -0.05) is 17.7 Å². The fourth-order valence-electron chi connectivity index (χ4n) is 2.18. The van der Waals surface area contributed by atoms with Crippen LogP contribution in [0.15, 0.2) is 18.2 Å². The first-order valence-corrected chi connectivity index (χ1v) is 6.59. The number of hydrogen-bond donors (Lipinski definition) is 2.